The molecule has 0 spiro atoms. The van der Waals surface area contributed by atoms with E-state index in [1.807, 2.05) is 4.90 Å². The molecule has 1 aliphatic carbocycles. The maximum absolute atomic E-state index is 12.5. The van der Waals surface area contributed by atoms with E-state index in [9.17, 15) is 9.59 Å². The Hall–Kier alpha value is -2.04. The summed E-state index contributed by atoms with van der Waals surface area (Å²) in [7, 11) is 0. The van der Waals surface area contributed by atoms with Crippen molar-refractivity contribution in [2.45, 2.75) is 39.7 Å². The summed E-state index contributed by atoms with van der Waals surface area (Å²) in [5, 5.41) is 0. The highest BCUT2D eigenvalue weighted by Gasteiger charge is 2.33. The van der Waals surface area contributed by atoms with Gasteiger partial charge in [0.1, 0.15) is 0 Å². The van der Waals surface area contributed by atoms with Gasteiger partial charge >= 0.3 is 0 Å². The molecule has 3 rings (SSSR count). The Balaban J connectivity index is 1.57. The summed E-state index contributed by atoms with van der Waals surface area (Å²) >= 11 is 0. The van der Waals surface area contributed by atoms with Crippen LogP contribution in [0, 0.1) is 13.8 Å². The van der Waals surface area contributed by atoms with E-state index in [0.29, 0.717) is 6.04 Å². The summed E-state index contributed by atoms with van der Waals surface area (Å²) < 4.78 is 0. The number of rotatable bonds is 4. The van der Waals surface area contributed by atoms with E-state index in [1.54, 1.807) is 11.8 Å². The molecule has 0 N–H and O–H groups in total. The second-order valence-electron chi connectivity index (χ2n) is 6.96. The Morgan fingerprint density at radius 2 is 1.79 bits per heavy atom. The van der Waals surface area contributed by atoms with Crippen LogP contribution in [0.15, 0.2) is 18.2 Å². The summed E-state index contributed by atoms with van der Waals surface area (Å²) in [6.07, 6.45) is 2.07. The number of hydrogen-bond acceptors (Lipinski definition) is 3. The van der Waals surface area contributed by atoms with Crippen LogP contribution in [0.4, 0.5) is 5.69 Å². The zero-order valence-electron chi connectivity index (χ0n) is 14.9. The average molecular weight is 329 g/mol. The highest BCUT2D eigenvalue weighted by molar-refractivity contribution is 5.84. The molecule has 2 amide bonds. The zero-order chi connectivity index (χ0) is 17.3. The summed E-state index contributed by atoms with van der Waals surface area (Å²) in [5.41, 5.74) is 3.88. The molecular formula is C19H27N3O2. The number of hydrogen-bond donors (Lipinski definition) is 0. The molecule has 0 bridgehead atoms. The van der Waals surface area contributed by atoms with Crippen molar-refractivity contribution in [2.24, 2.45) is 0 Å². The molecule has 24 heavy (non-hydrogen) atoms. The average Bonchev–Trinajstić information content (AvgIpc) is 3.39. The lowest BCUT2D eigenvalue weighted by molar-refractivity contribution is -0.140. The largest absolute Gasteiger partial charge is 0.368 e. The van der Waals surface area contributed by atoms with Gasteiger partial charge in [-0.2, -0.15) is 0 Å². The van der Waals surface area contributed by atoms with E-state index in [1.165, 1.54) is 16.8 Å². The first-order valence-electron chi connectivity index (χ1n) is 8.83. The third kappa shape index (κ3) is 3.55. The zero-order valence-corrected chi connectivity index (χ0v) is 14.9. The van der Waals surface area contributed by atoms with Gasteiger partial charge in [-0.15, -0.1) is 0 Å². The normalized spacial score (nSPS) is 17.8. The van der Waals surface area contributed by atoms with Crippen LogP contribution in [0.2, 0.25) is 0 Å². The number of amides is 2. The Morgan fingerprint density at radius 1 is 1.12 bits per heavy atom. The van der Waals surface area contributed by atoms with Crippen molar-refractivity contribution in [3.05, 3.63) is 29.3 Å². The van der Waals surface area contributed by atoms with Crippen LogP contribution in [0.3, 0.4) is 0 Å². The first-order valence-corrected chi connectivity index (χ1v) is 8.83. The Bertz CT molecular complexity index is 631. The van der Waals surface area contributed by atoms with Gasteiger partial charge in [-0.1, -0.05) is 12.1 Å². The first kappa shape index (κ1) is 16.8. The molecule has 1 aromatic carbocycles. The third-order valence-electron chi connectivity index (χ3n) is 5.25. The predicted octanol–water partition coefficient (Wildman–Crippen LogP) is 1.96. The van der Waals surface area contributed by atoms with Crippen LogP contribution in [-0.4, -0.2) is 60.4 Å². The molecule has 2 aliphatic rings. The number of piperazine rings is 1. The molecular weight excluding hydrogens is 302 g/mol. The van der Waals surface area contributed by atoms with E-state index in [2.05, 4.69) is 36.9 Å². The number of carbonyl (C=O) groups is 2. The standard InChI is InChI=1S/C19H27N3O2/c1-14-5-4-6-18(15(14)2)20-9-11-21(12-10-20)19(24)13-22(16(3)23)17-7-8-17/h4-6,17H,7-13H2,1-3H3. The van der Waals surface area contributed by atoms with Crippen LogP contribution in [0.25, 0.3) is 0 Å². The Kier molecular flexibility index (Phi) is 4.78. The summed E-state index contributed by atoms with van der Waals surface area (Å²) in [6.45, 7) is 9.23. The van der Waals surface area contributed by atoms with Crippen molar-refractivity contribution in [2.75, 3.05) is 37.6 Å². The predicted molar refractivity (Wildman–Crippen MR) is 95.1 cm³/mol. The fraction of sp³-hybridized carbons (Fsp3) is 0.579. The maximum Gasteiger partial charge on any atom is 0.242 e. The summed E-state index contributed by atoms with van der Waals surface area (Å²) in [6, 6.07) is 6.68. The third-order valence-corrected chi connectivity index (χ3v) is 5.25. The van der Waals surface area contributed by atoms with Crippen molar-refractivity contribution in [1.29, 1.82) is 0 Å². The molecule has 1 saturated carbocycles. The van der Waals surface area contributed by atoms with Crippen molar-refractivity contribution < 1.29 is 9.59 Å². The highest BCUT2D eigenvalue weighted by Crippen LogP contribution is 2.27. The minimum Gasteiger partial charge on any atom is -0.368 e. The summed E-state index contributed by atoms with van der Waals surface area (Å²) in [5.74, 6) is 0.0950. The van der Waals surface area contributed by atoms with Crippen LogP contribution in [0.1, 0.15) is 30.9 Å². The summed E-state index contributed by atoms with van der Waals surface area (Å²) in [4.78, 5) is 30.2. The van der Waals surface area contributed by atoms with E-state index in [-0.39, 0.29) is 18.4 Å². The van der Waals surface area contributed by atoms with Crippen LogP contribution in [0.5, 0.6) is 0 Å². The maximum atomic E-state index is 12.5. The lowest BCUT2D eigenvalue weighted by Crippen LogP contribution is -2.52. The molecule has 1 saturated heterocycles. The molecule has 1 aromatic rings. The van der Waals surface area contributed by atoms with Gasteiger partial charge < -0.3 is 14.7 Å². The van der Waals surface area contributed by atoms with E-state index >= 15 is 0 Å². The van der Waals surface area contributed by atoms with Crippen LogP contribution in [-0.2, 0) is 9.59 Å². The second kappa shape index (κ2) is 6.83. The lowest BCUT2D eigenvalue weighted by atomic mass is 10.1. The number of benzene rings is 1. The van der Waals surface area contributed by atoms with Gasteiger partial charge in [0.25, 0.3) is 0 Å². The van der Waals surface area contributed by atoms with Crippen LogP contribution >= 0.6 is 0 Å². The topological polar surface area (TPSA) is 43.9 Å². The van der Waals surface area contributed by atoms with Crippen molar-refractivity contribution in [3.8, 4) is 0 Å². The quantitative estimate of drug-likeness (QED) is 0.848. The van der Waals surface area contributed by atoms with Crippen LogP contribution < -0.4 is 4.90 Å². The fourth-order valence-corrected chi connectivity index (χ4v) is 3.40. The molecule has 0 unspecified atom stereocenters. The van der Waals surface area contributed by atoms with Crippen molar-refractivity contribution >= 4 is 17.5 Å². The van der Waals surface area contributed by atoms with Gasteiger partial charge in [0, 0.05) is 44.8 Å². The monoisotopic (exact) mass is 329 g/mol. The molecule has 5 nitrogen and oxygen atoms in total. The number of anilines is 1. The molecule has 0 atom stereocenters. The first-order chi connectivity index (χ1) is 11.5. The number of carbonyl (C=O) groups excluding carboxylic acids is 2. The van der Waals surface area contributed by atoms with Gasteiger partial charge in [0.05, 0.1) is 6.54 Å². The smallest absolute Gasteiger partial charge is 0.242 e. The number of nitrogens with zero attached hydrogens (tertiary/aromatic N) is 3. The molecule has 130 valence electrons. The van der Waals surface area contributed by atoms with Gasteiger partial charge in [0.2, 0.25) is 11.8 Å². The minimum atomic E-state index is 0.0138. The van der Waals surface area contributed by atoms with E-state index in [0.717, 1.165) is 39.0 Å². The Morgan fingerprint density at radius 3 is 2.38 bits per heavy atom. The lowest BCUT2D eigenvalue weighted by Gasteiger charge is -2.37. The second-order valence-corrected chi connectivity index (χ2v) is 6.96. The fourth-order valence-electron chi connectivity index (χ4n) is 3.40. The van der Waals surface area contributed by atoms with Gasteiger partial charge in [-0.25, -0.2) is 0 Å². The molecule has 1 heterocycles. The van der Waals surface area contributed by atoms with E-state index in [4.69, 9.17) is 0 Å². The molecule has 0 aromatic heterocycles. The molecule has 0 radical (unpaired) electrons. The minimum absolute atomic E-state index is 0.0138. The van der Waals surface area contributed by atoms with Gasteiger partial charge in [0.15, 0.2) is 0 Å². The number of aryl methyl sites for hydroxylation is 1. The van der Waals surface area contributed by atoms with Gasteiger partial charge in [-0.3, -0.25) is 9.59 Å². The SMILES string of the molecule is CC(=O)N(CC(=O)N1CCN(c2cccc(C)c2C)CC1)C1CC1. The van der Waals surface area contributed by atoms with Crippen molar-refractivity contribution in [3.63, 3.8) is 0 Å². The molecule has 5 heteroatoms. The molecule has 1 aliphatic heterocycles. The van der Waals surface area contributed by atoms with Crippen molar-refractivity contribution in [1.82, 2.24) is 9.80 Å². The molecule has 2 fully saturated rings. The Labute approximate surface area is 144 Å². The van der Waals surface area contributed by atoms with E-state index < -0.39 is 0 Å². The van der Waals surface area contributed by atoms with Gasteiger partial charge in [-0.05, 0) is 43.9 Å². The highest BCUT2D eigenvalue weighted by atomic mass is 16.2.